The van der Waals surface area contributed by atoms with Crippen molar-refractivity contribution in [2.45, 2.75) is 46.7 Å². The van der Waals surface area contributed by atoms with Gasteiger partial charge < -0.3 is 9.64 Å². The summed E-state index contributed by atoms with van der Waals surface area (Å²) >= 11 is 0. The van der Waals surface area contributed by atoms with Gasteiger partial charge in [0, 0.05) is 13.0 Å². The van der Waals surface area contributed by atoms with Crippen LogP contribution >= 0.6 is 0 Å². The zero-order valence-corrected chi connectivity index (χ0v) is 19.7. The molecule has 0 saturated heterocycles. The average Bonchev–Trinajstić information content (AvgIpc) is 2.80. The molecule has 6 heteroatoms. The van der Waals surface area contributed by atoms with E-state index in [1.165, 1.54) is 0 Å². The number of fused-ring (bicyclic) bond motifs is 1. The summed E-state index contributed by atoms with van der Waals surface area (Å²) in [4.78, 5) is 32.9. The molecule has 33 heavy (non-hydrogen) atoms. The number of hydrogen-bond donors (Lipinski definition) is 0. The molecule has 3 aromatic rings. The smallest absolute Gasteiger partial charge is 0.410 e. The zero-order valence-electron chi connectivity index (χ0n) is 19.7. The minimum absolute atomic E-state index is 0.108. The van der Waals surface area contributed by atoms with Crippen LogP contribution in [-0.4, -0.2) is 33.7 Å². The molecule has 0 aliphatic carbocycles. The second-order valence-electron chi connectivity index (χ2n) is 9.77. The summed E-state index contributed by atoms with van der Waals surface area (Å²) in [5.74, 6) is 0.667. The quantitative estimate of drug-likeness (QED) is 0.582. The lowest BCUT2D eigenvalue weighted by atomic mass is 9.97. The topological polar surface area (TPSA) is 64.4 Å². The van der Waals surface area contributed by atoms with Gasteiger partial charge in [-0.2, -0.15) is 0 Å². The van der Waals surface area contributed by atoms with Crippen molar-refractivity contribution in [1.82, 2.24) is 14.5 Å². The van der Waals surface area contributed by atoms with Crippen molar-refractivity contribution in [1.29, 1.82) is 0 Å². The zero-order chi connectivity index (χ0) is 23.6. The number of nitrogens with zero attached hydrogens (tertiary/aromatic N) is 3. The maximum Gasteiger partial charge on any atom is 0.410 e. The third-order valence-corrected chi connectivity index (χ3v) is 5.81. The highest BCUT2D eigenvalue weighted by atomic mass is 16.6. The van der Waals surface area contributed by atoms with Gasteiger partial charge in [-0.15, -0.1) is 0 Å². The SMILES string of the molecule is Cc1nc2c(c(=O)n1C(c1ccccc1)c1ccccc1)CN(C(=O)OCC(C)(C)C)CC2. The first kappa shape index (κ1) is 22.8. The van der Waals surface area contributed by atoms with Crippen molar-refractivity contribution in [2.24, 2.45) is 5.41 Å². The Labute approximate surface area is 194 Å². The summed E-state index contributed by atoms with van der Waals surface area (Å²) in [6, 6.07) is 19.6. The van der Waals surface area contributed by atoms with E-state index in [0.29, 0.717) is 31.0 Å². The van der Waals surface area contributed by atoms with E-state index in [1.807, 2.05) is 88.4 Å². The molecular formula is C27H31N3O3. The Balaban J connectivity index is 1.74. The van der Waals surface area contributed by atoms with Gasteiger partial charge in [-0.25, -0.2) is 9.78 Å². The maximum absolute atomic E-state index is 13.9. The molecule has 0 fully saturated rings. The van der Waals surface area contributed by atoms with Crippen molar-refractivity contribution >= 4 is 6.09 Å². The summed E-state index contributed by atoms with van der Waals surface area (Å²) < 4.78 is 7.26. The Morgan fingerprint density at radius 1 is 1.03 bits per heavy atom. The van der Waals surface area contributed by atoms with Crippen LogP contribution < -0.4 is 5.56 Å². The van der Waals surface area contributed by atoms with E-state index < -0.39 is 0 Å². The highest BCUT2D eigenvalue weighted by molar-refractivity contribution is 5.68. The molecule has 0 spiro atoms. The number of carbonyl (C=O) groups is 1. The number of hydrogen-bond acceptors (Lipinski definition) is 4. The molecule has 4 rings (SSSR count). The number of aromatic nitrogens is 2. The van der Waals surface area contributed by atoms with Gasteiger partial charge in [-0.05, 0) is 23.5 Å². The van der Waals surface area contributed by atoms with Gasteiger partial charge in [0.15, 0.2) is 0 Å². The molecular weight excluding hydrogens is 414 g/mol. The largest absolute Gasteiger partial charge is 0.449 e. The minimum atomic E-state index is -0.384. The molecule has 6 nitrogen and oxygen atoms in total. The fourth-order valence-corrected chi connectivity index (χ4v) is 4.20. The molecule has 1 aromatic heterocycles. The molecule has 2 heterocycles. The Morgan fingerprint density at radius 2 is 1.61 bits per heavy atom. The molecule has 0 radical (unpaired) electrons. The highest BCUT2D eigenvalue weighted by Gasteiger charge is 2.29. The second-order valence-corrected chi connectivity index (χ2v) is 9.77. The van der Waals surface area contributed by atoms with Gasteiger partial charge in [0.05, 0.1) is 30.5 Å². The van der Waals surface area contributed by atoms with Crippen LogP contribution in [0.4, 0.5) is 4.79 Å². The summed E-state index contributed by atoms with van der Waals surface area (Å²) in [7, 11) is 0. The van der Waals surface area contributed by atoms with Crippen LogP contribution in [0, 0.1) is 12.3 Å². The molecule has 1 aliphatic rings. The molecule has 2 aromatic carbocycles. The van der Waals surface area contributed by atoms with Crippen LogP contribution in [0.5, 0.6) is 0 Å². The van der Waals surface area contributed by atoms with E-state index >= 15 is 0 Å². The van der Waals surface area contributed by atoms with Gasteiger partial charge in [0.2, 0.25) is 0 Å². The number of carbonyl (C=O) groups excluding carboxylic acids is 1. The van der Waals surface area contributed by atoms with Crippen LogP contribution in [0.1, 0.15) is 55.0 Å². The predicted octanol–water partition coefficient (Wildman–Crippen LogP) is 4.73. The summed E-state index contributed by atoms with van der Waals surface area (Å²) in [5, 5.41) is 0. The van der Waals surface area contributed by atoms with Gasteiger partial charge in [-0.3, -0.25) is 9.36 Å². The van der Waals surface area contributed by atoms with E-state index in [0.717, 1.165) is 16.8 Å². The molecule has 0 saturated carbocycles. The summed E-state index contributed by atoms with van der Waals surface area (Å²) in [5.41, 5.74) is 3.13. The monoisotopic (exact) mass is 445 g/mol. The van der Waals surface area contributed by atoms with E-state index in [9.17, 15) is 9.59 Å². The third kappa shape index (κ3) is 5.00. The second kappa shape index (κ2) is 9.22. The fraction of sp³-hybridized carbons (Fsp3) is 0.370. The van der Waals surface area contributed by atoms with Crippen molar-refractivity contribution < 1.29 is 9.53 Å². The lowest BCUT2D eigenvalue weighted by Crippen LogP contribution is -2.43. The lowest BCUT2D eigenvalue weighted by molar-refractivity contribution is 0.0684. The van der Waals surface area contributed by atoms with Gasteiger partial charge >= 0.3 is 6.09 Å². The first-order valence-corrected chi connectivity index (χ1v) is 11.4. The van der Waals surface area contributed by atoms with Crippen LogP contribution in [-0.2, 0) is 17.7 Å². The number of ether oxygens (including phenoxy) is 1. The molecule has 0 N–H and O–H groups in total. The van der Waals surface area contributed by atoms with Gasteiger partial charge in [0.1, 0.15) is 5.82 Å². The highest BCUT2D eigenvalue weighted by Crippen LogP contribution is 2.27. The number of amides is 1. The summed E-state index contributed by atoms with van der Waals surface area (Å²) in [6.45, 7) is 8.97. The van der Waals surface area contributed by atoms with E-state index in [4.69, 9.17) is 9.72 Å². The Morgan fingerprint density at radius 3 is 2.15 bits per heavy atom. The molecule has 0 bridgehead atoms. The Kier molecular flexibility index (Phi) is 6.36. The van der Waals surface area contributed by atoms with Gasteiger partial charge in [-0.1, -0.05) is 81.4 Å². The van der Waals surface area contributed by atoms with Crippen LogP contribution in [0.25, 0.3) is 0 Å². The minimum Gasteiger partial charge on any atom is -0.449 e. The molecule has 0 unspecified atom stereocenters. The number of rotatable bonds is 4. The standard InChI is InChI=1S/C27H31N3O3/c1-19-28-23-15-16-29(26(32)33-18-27(2,3)4)17-22(23)25(31)30(19)24(20-11-7-5-8-12-20)21-13-9-6-10-14-21/h5-14,24H,15-18H2,1-4H3. The normalized spacial score (nSPS) is 13.7. The van der Waals surface area contributed by atoms with Crippen molar-refractivity contribution in [2.75, 3.05) is 13.2 Å². The van der Waals surface area contributed by atoms with Crippen LogP contribution in [0.15, 0.2) is 65.5 Å². The van der Waals surface area contributed by atoms with Crippen molar-refractivity contribution in [3.63, 3.8) is 0 Å². The Hall–Kier alpha value is -3.41. The number of benzene rings is 2. The fourth-order valence-electron chi connectivity index (χ4n) is 4.20. The van der Waals surface area contributed by atoms with E-state index in [2.05, 4.69) is 0 Å². The Bertz CT molecular complexity index is 1140. The molecule has 1 amide bonds. The molecule has 0 atom stereocenters. The average molecular weight is 446 g/mol. The predicted molar refractivity (Wildman–Crippen MR) is 128 cm³/mol. The number of aryl methyl sites for hydroxylation is 1. The maximum atomic E-state index is 13.9. The first-order chi connectivity index (χ1) is 15.7. The third-order valence-electron chi connectivity index (χ3n) is 5.81. The van der Waals surface area contributed by atoms with E-state index in [-0.39, 0.29) is 29.7 Å². The van der Waals surface area contributed by atoms with Gasteiger partial charge in [0.25, 0.3) is 5.56 Å². The van der Waals surface area contributed by atoms with E-state index in [1.54, 1.807) is 9.47 Å². The molecule has 172 valence electrons. The van der Waals surface area contributed by atoms with Crippen molar-refractivity contribution in [3.05, 3.63) is 99.2 Å². The van der Waals surface area contributed by atoms with Crippen molar-refractivity contribution in [3.8, 4) is 0 Å². The first-order valence-electron chi connectivity index (χ1n) is 11.4. The van der Waals surface area contributed by atoms with Crippen LogP contribution in [0.2, 0.25) is 0 Å². The lowest BCUT2D eigenvalue weighted by Gasteiger charge is -2.30. The van der Waals surface area contributed by atoms with Crippen LogP contribution in [0.3, 0.4) is 0 Å². The summed E-state index contributed by atoms with van der Waals surface area (Å²) in [6.07, 6.45) is 0.155. The molecule has 1 aliphatic heterocycles.